The Labute approximate surface area is 123 Å². The van der Waals surface area contributed by atoms with Gasteiger partial charge in [-0.2, -0.15) is 0 Å². The number of nitrogens with one attached hydrogen (secondary N) is 1. The van der Waals surface area contributed by atoms with Crippen LogP contribution in [0.15, 0.2) is 0 Å². The molecule has 0 bridgehead atoms. The Morgan fingerprint density at radius 3 is 2.28 bits per heavy atom. The molecule has 102 valence electrons. The second-order valence-corrected chi connectivity index (χ2v) is 5.31. The minimum absolute atomic E-state index is 0.376. The largest absolute Gasteiger partial charge is 0.370 e. The third-order valence-corrected chi connectivity index (χ3v) is 4.59. The van der Waals surface area contributed by atoms with Crippen molar-refractivity contribution >= 4 is 28.4 Å². The molecule has 0 radical (unpaired) electrons. The first-order valence-corrected chi connectivity index (χ1v) is 7.46. The van der Waals surface area contributed by atoms with Crippen LogP contribution in [0.2, 0.25) is 0 Å². The first kappa shape index (κ1) is 15.6. The molecule has 0 aliphatic rings. The van der Waals surface area contributed by atoms with Crippen molar-refractivity contribution in [3.05, 3.63) is 15.1 Å². The van der Waals surface area contributed by atoms with Gasteiger partial charge in [0.05, 0.1) is 9.26 Å². The number of halogens is 1. The predicted octanol–water partition coefficient (Wildman–Crippen LogP) is 3.48. The number of ether oxygens (including phenoxy) is 1. The SMILES string of the molecule is CCNc1nc(C(CC)(CC)OC)nc(C)c1I. The van der Waals surface area contributed by atoms with Gasteiger partial charge in [0.1, 0.15) is 11.4 Å². The molecule has 0 saturated carbocycles. The highest BCUT2D eigenvalue weighted by Gasteiger charge is 2.32. The summed E-state index contributed by atoms with van der Waals surface area (Å²) in [5.74, 6) is 1.69. The molecule has 0 spiro atoms. The smallest absolute Gasteiger partial charge is 0.162 e. The van der Waals surface area contributed by atoms with E-state index < -0.39 is 0 Å². The minimum Gasteiger partial charge on any atom is -0.370 e. The van der Waals surface area contributed by atoms with Crippen LogP contribution in [0, 0.1) is 10.5 Å². The summed E-state index contributed by atoms with van der Waals surface area (Å²) in [6, 6.07) is 0. The van der Waals surface area contributed by atoms with Crippen molar-refractivity contribution in [2.75, 3.05) is 19.0 Å². The monoisotopic (exact) mass is 363 g/mol. The molecular formula is C13H22IN3O. The van der Waals surface area contributed by atoms with Gasteiger partial charge in [-0.1, -0.05) is 13.8 Å². The van der Waals surface area contributed by atoms with Crippen LogP contribution in [0.25, 0.3) is 0 Å². The number of aryl methyl sites for hydroxylation is 1. The second-order valence-electron chi connectivity index (χ2n) is 4.23. The molecule has 0 saturated heterocycles. The first-order valence-electron chi connectivity index (χ1n) is 6.38. The van der Waals surface area contributed by atoms with Crippen LogP contribution in [0.4, 0.5) is 5.82 Å². The van der Waals surface area contributed by atoms with Crippen LogP contribution < -0.4 is 5.32 Å². The van der Waals surface area contributed by atoms with E-state index in [-0.39, 0.29) is 5.60 Å². The molecule has 0 unspecified atom stereocenters. The average Bonchev–Trinajstić information content (AvgIpc) is 2.38. The van der Waals surface area contributed by atoms with E-state index in [9.17, 15) is 0 Å². The summed E-state index contributed by atoms with van der Waals surface area (Å²) in [6.45, 7) is 9.15. The molecule has 0 atom stereocenters. The molecule has 1 aromatic rings. The van der Waals surface area contributed by atoms with Crippen LogP contribution in [-0.4, -0.2) is 23.6 Å². The maximum atomic E-state index is 5.70. The fourth-order valence-electron chi connectivity index (χ4n) is 1.99. The van der Waals surface area contributed by atoms with Crippen molar-refractivity contribution in [3.63, 3.8) is 0 Å². The highest BCUT2D eigenvalue weighted by atomic mass is 127. The van der Waals surface area contributed by atoms with Crippen molar-refractivity contribution in [1.29, 1.82) is 0 Å². The van der Waals surface area contributed by atoms with Crippen molar-refractivity contribution in [3.8, 4) is 0 Å². The summed E-state index contributed by atoms with van der Waals surface area (Å²) in [5.41, 5.74) is 0.624. The maximum absolute atomic E-state index is 5.70. The lowest BCUT2D eigenvalue weighted by atomic mass is 9.96. The van der Waals surface area contributed by atoms with Gasteiger partial charge >= 0.3 is 0 Å². The molecule has 1 rings (SSSR count). The topological polar surface area (TPSA) is 47.0 Å². The Morgan fingerprint density at radius 1 is 1.22 bits per heavy atom. The van der Waals surface area contributed by atoms with Gasteiger partial charge in [0.25, 0.3) is 0 Å². The van der Waals surface area contributed by atoms with Crippen LogP contribution in [0.1, 0.15) is 45.1 Å². The molecule has 5 heteroatoms. The normalized spacial score (nSPS) is 11.7. The van der Waals surface area contributed by atoms with Crippen LogP contribution in [0.5, 0.6) is 0 Å². The molecule has 0 fully saturated rings. The zero-order chi connectivity index (χ0) is 13.8. The summed E-state index contributed by atoms with van der Waals surface area (Å²) in [5, 5.41) is 3.29. The lowest BCUT2D eigenvalue weighted by Gasteiger charge is -2.29. The van der Waals surface area contributed by atoms with E-state index in [2.05, 4.69) is 58.6 Å². The summed E-state index contributed by atoms with van der Waals surface area (Å²) >= 11 is 2.28. The van der Waals surface area contributed by atoms with E-state index in [1.54, 1.807) is 7.11 Å². The summed E-state index contributed by atoms with van der Waals surface area (Å²) < 4.78 is 6.77. The number of hydrogen-bond donors (Lipinski definition) is 1. The number of anilines is 1. The lowest BCUT2D eigenvalue weighted by molar-refractivity contribution is -0.0291. The third kappa shape index (κ3) is 2.93. The number of hydrogen-bond acceptors (Lipinski definition) is 4. The highest BCUT2D eigenvalue weighted by Crippen LogP contribution is 2.32. The van der Waals surface area contributed by atoms with Crippen molar-refractivity contribution in [2.45, 2.75) is 46.1 Å². The zero-order valence-corrected chi connectivity index (χ0v) is 14.0. The predicted molar refractivity (Wildman–Crippen MR) is 82.9 cm³/mol. The van der Waals surface area contributed by atoms with Gasteiger partial charge in [-0.3, -0.25) is 0 Å². The van der Waals surface area contributed by atoms with E-state index in [0.717, 1.165) is 40.3 Å². The fraction of sp³-hybridized carbons (Fsp3) is 0.692. The lowest BCUT2D eigenvalue weighted by Crippen LogP contribution is -2.30. The molecule has 0 aliphatic carbocycles. The average molecular weight is 363 g/mol. The van der Waals surface area contributed by atoms with Gasteiger partial charge in [-0.25, -0.2) is 9.97 Å². The van der Waals surface area contributed by atoms with Gasteiger partial charge in [-0.05, 0) is 49.3 Å². The summed E-state index contributed by atoms with van der Waals surface area (Å²) in [4.78, 5) is 9.27. The number of aromatic nitrogens is 2. The van der Waals surface area contributed by atoms with E-state index in [1.807, 2.05) is 6.92 Å². The van der Waals surface area contributed by atoms with Crippen molar-refractivity contribution < 1.29 is 4.74 Å². The van der Waals surface area contributed by atoms with Gasteiger partial charge in [0.2, 0.25) is 0 Å². The molecular weight excluding hydrogens is 341 g/mol. The second kappa shape index (κ2) is 6.65. The molecule has 18 heavy (non-hydrogen) atoms. The molecule has 1 N–H and O–H groups in total. The zero-order valence-electron chi connectivity index (χ0n) is 11.8. The third-order valence-electron chi connectivity index (χ3n) is 3.30. The Kier molecular flexibility index (Phi) is 5.78. The molecule has 1 aromatic heterocycles. The van der Waals surface area contributed by atoms with E-state index in [1.165, 1.54) is 0 Å². The van der Waals surface area contributed by atoms with E-state index in [0.29, 0.717) is 0 Å². The Hall–Kier alpha value is -0.430. The highest BCUT2D eigenvalue weighted by molar-refractivity contribution is 14.1. The number of methoxy groups -OCH3 is 1. The minimum atomic E-state index is -0.376. The van der Waals surface area contributed by atoms with Crippen LogP contribution in [-0.2, 0) is 10.3 Å². The summed E-state index contributed by atoms with van der Waals surface area (Å²) in [6.07, 6.45) is 1.73. The fourth-order valence-corrected chi connectivity index (χ4v) is 2.43. The van der Waals surface area contributed by atoms with Crippen LogP contribution in [0.3, 0.4) is 0 Å². The van der Waals surface area contributed by atoms with Gasteiger partial charge in [0, 0.05) is 13.7 Å². The molecule has 0 amide bonds. The first-order chi connectivity index (χ1) is 8.54. The van der Waals surface area contributed by atoms with Crippen LogP contribution >= 0.6 is 22.6 Å². The standard InChI is InChI=1S/C13H22IN3O/c1-6-13(7-2,18-5)12-16-9(4)10(14)11(17-12)15-8-3/h6-8H2,1-5H3,(H,15,16,17). The molecule has 4 nitrogen and oxygen atoms in total. The van der Waals surface area contributed by atoms with Crippen molar-refractivity contribution in [1.82, 2.24) is 9.97 Å². The Bertz CT molecular complexity index is 397. The van der Waals surface area contributed by atoms with Gasteiger partial charge in [0.15, 0.2) is 5.82 Å². The number of rotatable bonds is 6. The maximum Gasteiger partial charge on any atom is 0.162 e. The molecule has 0 aliphatic heterocycles. The molecule has 1 heterocycles. The Morgan fingerprint density at radius 2 is 1.83 bits per heavy atom. The van der Waals surface area contributed by atoms with E-state index >= 15 is 0 Å². The molecule has 0 aromatic carbocycles. The van der Waals surface area contributed by atoms with Gasteiger partial charge in [-0.15, -0.1) is 0 Å². The number of nitrogens with zero attached hydrogens (tertiary/aromatic N) is 2. The van der Waals surface area contributed by atoms with Crippen molar-refractivity contribution in [2.24, 2.45) is 0 Å². The summed E-state index contributed by atoms with van der Waals surface area (Å²) in [7, 11) is 1.73. The van der Waals surface area contributed by atoms with Gasteiger partial charge < -0.3 is 10.1 Å². The quantitative estimate of drug-likeness (QED) is 0.787. The van der Waals surface area contributed by atoms with E-state index in [4.69, 9.17) is 4.74 Å². The Balaban J connectivity index is 3.32.